The van der Waals surface area contributed by atoms with Crippen LogP contribution in [0.5, 0.6) is 0 Å². The van der Waals surface area contributed by atoms with Crippen LogP contribution in [0.1, 0.15) is 40.0 Å². The van der Waals surface area contributed by atoms with E-state index in [1.807, 2.05) is 20.8 Å². The van der Waals surface area contributed by atoms with E-state index in [4.69, 9.17) is 0 Å². The number of amides is 1. The highest BCUT2D eigenvalue weighted by atomic mass is 32.2. The summed E-state index contributed by atoms with van der Waals surface area (Å²) in [6.07, 6.45) is 2.67. The first-order chi connectivity index (χ1) is 13.9. The first kappa shape index (κ1) is 23.5. The number of hydrogen-bond donors (Lipinski definition) is 1. The molecule has 2 saturated heterocycles. The Bertz CT molecular complexity index is 979. The number of sulfonamides is 2. The molecule has 1 N–H and O–H groups in total. The molecule has 0 radical (unpaired) electrons. The second-order valence-corrected chi connectivity index (χ2v) is 13.4. The summed E-state index contributed by atoms with van der Waals surface area (Å²) >= 11 is 1.38. The summed E-state index contributed by atoms with van der Waals surface area (Å²) in [7, 11) is -7.56. The molecule has 2 heterocycles. The Morgan fingerprint density at radius 1 is 0.967 bits per heavy atom. The van der Waals surface area contributed by atoms with E-state index in [1.54, 1.807) is 0 Å². The standard InChI is InChI=1S/C19H29N3O5S3/c1-19(2,3)20-18(23)17-13-28-14-22(17)30(26,27)16-9-7-15(8-10-16)29(24,25)21-11-5-4-6-12-21/h7-10,17H,4-6,11-14H2,1-3H3,(H,20,23). The lowest BCUT2D eigenvalue weighted by atomic mass is 10.1. The van der Waals surface area contributed by atoms with Gasteiger partial charge in [0.25, 0.3) is 0 Å². The van der Waals surface area contributed by atoms with Gasteiger partial charge in [-0.1, -0.05) is 6.42 Å². The van der Waals surface area contributed by atoms with E-state index in [2.05, 4.69) is 5.32 Å². The Balaban J connectivity index is 1.82. The minimum atomic E-state index is -3.93. The van der Waals surface area contributed by atoms with Crippen molar-refractivity contribution in [3.63, 3.8) is 0 Å². The van der Waals surface area contributed by atoms with Crippen molar-refractivity contribution in [2.45, 2.75) is 61.4 Å². The summed E-state index contributed by atoms with van der Waals surface area (Å²) in [5.41, 5.74) is -0.468. The van der Waals surface area contributed by atoms with Gasteiger partial charge >= 0.3 is 0 Å². The van der Waals surface area contributed by atoms with Gasteiger partial charge in [-0.2, -0.15) is 8.61 Å². The number of carbonyl (C=O) groups excluding carboxylic acids is 1. The third-order valence-electron chi connectivity index (χ3n) is 5.03. The first-order valence-corrected chi connectivity index (χ1v) is 14.0. The number of benzene rings is 1. The van der Waals surface area contributed by atoms with Gasteiger partial charge in [-0.05, 0) is 57.9 Å². The van der Waals surface area contributed by atoms with E-state index < -0.39 is 31.6 Å². The van der Waals surface area contributed by atoms with Gasteiger partial charge in [0.05, 0.1) is 15.7 Å². The maximum atomic E-state index is 13.2. The average molecular weight is 476 g/mol. The van der Waals surface area contributed by atoms with Crippen LogP contribution >= 0.6 is 11.8 Å². The molecular formula is C19H29N3O5S3. The second kappa shape index (κ2) is 8.78. The predicted octanol–water partition coefficient (Wildman–Crippen LogP) is 1.84. The minimum Gasteiger partial charge on any atom is -0.350 e. The molecule has 168 valence electrons. The molecule has 1 amide bonds. The zero-order valence-electron chi connectivity index (χ0n) is 17.5. The maximum Gasteiger partial charge on any atom is 0.244 e. The number of thioether (sulfide) groups is 1. The van der Waals surface area contributed by atoms with Crippen molar-refractivity contribution >= 4 is 37.7 Å². The van der Waals surface area contributed by atoms with Crippen LogP contribution in [0.2, 0.25) is 0 Å². The zero-order chi connectivity index (χ0) is 22.2. The van der Waals surface area contributed by atoms with E-state index in [1.165, 1.54) is 44.6 Å². The molecule has 30 heavy (non-hydrogen) atoms. The first-order valence-electron chi connectivity index (χ1n) is 9.95. The van der Waals surface area contributed by atoms with Gasteiger partial charge < -0.3 is 5.32 Å². The Morgan fingerprint density at radius 3 is 2.03 bits per heavy atom. The molecule has 0 aromatic heterocycles. The SMILES string of the molecule is CC(C)(C)NC(=O)C1CSCN1S(=O)(=O)c1ccc(S(=O)(=O)N2CCCCC2)cc1. The third-order valence-corrected chi connectivity index (χ3v) is 9.98. The van der Waals surface area contributed by atoms with Gasteiger partial charge in [0.15, 0.2) is 0 Å². The van der Waals surface area contributed by atoms with Crippen molar-refractivity contribution in [2.24, 2.45) is 0 Å². The van der Waals surface area contributed by atoms with Crippen LogP contribution in [-0.2, 0) is 24.8 Å². The van der Waals surface area contributed by atoms with E-state index in [0.29, 0.717) is 18.8 Å². The third kappa shape index (κ3) is 5.01. The Kier molecular flexibility index (Phi) is 6.88. The topological polar surface area (TPSA) is 104 Å². The van der Waals surface area contributed by atoms with Gasteiger partial charge in [0, 0.05) is 24.4 Å². The number of hydrogen-bond acceptors (Lipinski definition) is 6. The molecule has 1 unspecified atom stereocenters. The van der Waals surface area contributed by atoms with Crippen LogP contribution in [0.4, 0.5) is 0 Å². The molecule has 0 spiro atoms. The molecule has 1 aromatic carbocycles. The number of piperidine rings is 1. The van der Waals surface area contributed by atoms with Gasteiger partial charge in [-0.3, -0.25) is 4.79 Å². The van der Waals surface area contributed by atoms with Crippen LogP contribution in [-0.4, -0.2) is 67.7 Å². The number of carbonyl (C=O) groups is 1. The van der Waals surface area contributed by atoms with Crippen molar-refractivity contribution in [1.82, 2.24) is 13.9 Å². The molecule has 3 rings (SSSR count). The fraction of sp³-hybridized carbons (Fsp3) is 0.632. The molecule has 0 bridgehead atoms. The number of nitrogens with one attached hydrogen (secondary N) is 1. The molecule has 1 atom stereocenters. The van der Waals surface area contributed by atoms with E-state index in [9.17, 15) is 21.6 Å². The second-order valence-electron chi connectivity index (χ2n) is 8.58. The van der Waals surface area contributed by atoms with Crippen molar-refractivity contribution in [3.8, 4) is 0 Å². The zero-order valence-corrected chi connectivity index (χ0v) is 19.9. The molecule has 2 aliphatic heterocycles. The van der Waals surface area contributed by atoms with Crippen molar-refractivity contribution in [2.75, 3.05) is 24.7 Å². The van der Waals surface area contributed by atoms with Crippen molar-refractivity contribution < 1.29 is 21.6 Å². The lowest BCUT2D eigenvalue weighted by Crippen LogP contribution is -2.52. The van der Waals surface area contributed by atoms with E-state index >= 15 is 0 Å². The van der Waals surface area contributed by atoms with Crippen LogP contribution in [0.15, 0.2) is 34.1 Å². The van der Waals surface area contributed by atoms with Crippen LogP contribution < -0.4 is 5.32 Å². The van der Waals surface area contributed by atoms with Gasteiger partial charge in [0.1, 0.15) is 6.04 Å². The lowest BCUT2D eigenvalue weighted by molar-refractivity contribution is -0.125. The Hall–Kier alpha value is -1.14. The van der Waals surface area contributed by atoms with E-state index in [-0.39, 0.29) is 21.6 Å². The van der Waals surface area contributed by atoms with Crippen LogP contribution in [0, 0.1) is 0 Å². The van der Waals surface area contributed by atoms with Crippen molar-refractivity contribution in [1.29, 1.82) is 0 Å². The maximum absolute atomic E-state index is 13.2. The predicted molar refractivity (Wildman–Crippen MR) is 117 cm³/mol. The smallest absolute Gasteiger partial charge is 0.244 e. The number of rotatable bonds is 5. The Labute approximate surface area is 183 Å². The Morgan fingerprint density at radius 2 is 1.50 bits per heavy atom. The fourth-order valence-corrected chi connectivity index (χ4v) is 8.16. The normalized spacial score (nSPS) is 22.2. The summed E-state index contributed by atoms with van der Waals surface area (Å²) in [5, 5.41) is 2.84. The summed E-state index contributed by atoms with van der Waals surface area (Å²) in [5.74, 6) is 0.224. The summed E-state index contributed by atoms with van der Waals surface area (Å²) in [6, 6.07) is 4.51. The van der Waals surface area contributed by atoms with Gasteiger partial charge in [-0.25, -0.2) is 16.8 Å². The molecule has 0 saturated carbocycles. The molecule has 8 nitrogen and oxygen atoms in total. The number of nitrogens with zero attached hydrogens (tertiary/aromatic N) is 2. The highest BCUT2D eigenvalue weighted by Gasteiger charge is 2.41. The molecule has 11 heteroatoms. The molecular weight excluding hydrogens is 446 g/mol. The molecule has 0 aliphatic carbocycles. The highest BCUT2D eigenvalue weighted by molar-refractivity contribution is 8.00. The van der Waals surface area contributed by atoms with Crippen molar-refractivity contribution in [3.05, 3.63) is 24.3 Å². The largest absolute Gasteiger partial charge is 0.350 e. The molecule has 2 fully saturated rings. The lowest BCUT2D eigenvalue weighted by Gasteiger charge is -2.27. The highest BCUT2D eigenvalue weighted by Crippen LogP contribution is 2.30. The van der Waals surface area contributed by atoms with Gasteiger partial charge in [0.2, 0.25) is 26.0 Å². The average Bonchev–Trinajstić information content (AvgIpc) is 3.18. The van der Waals surface area contributed by atoms with Crippen LogP contribution in [0.3, 0.4) is 0 Å². The summed E-state index contributed by atoms with van der Waals surface area (Å²) < 4.78 is 54.5. The quantitative estimate of drug-likeness (QED) is 0.697. The summed E-state index contributed by atoms with van der Waals surface area (Å²) in [6.45, 7) is 6.49. The van der Waals surface area contributed by atoms with Gasteiger partial charge in [-0.15, -0.1) is 11.8 Å². The minimum absolute atomic E-state index is 0.0175. The van der Waals surface area contributed by atoms with Crippen LogP contribution in [0.25, 0.3) is 0 Å². The molecule has 1 aromatic rings. The monoisotopic (exact) mass is 475 g/mol. The summed E-state index contributed by atoms with van der Waals surface area (Å²) in [4.78, 5) is 12.7. The van der Waals surface area contributed by atoms with E-state index in [0.717, 1.165) is 19.3 Å². The fourth-order valence-electron chi connectivity index (χ4n) is 3.50. The molecule has 2 aliphatic rings.